The van der Waals surface area contributed by atoms with Crippen LogP contribution in [-0.4, -0.2) is 32.7 Å². The average Bonchev–Trinajstić information content (AvgIpc) is 3.65. The van der Waals surface area contributed by atoms with Gasteiger partial charge in [0.15, 0.2) is 5.75 Å². The van der Waals surface area contributed by atoms with Crippen LogP contribution in [0.4, 0.5) is 14.5 Å². The number of carbonyl (C=O) groups excluding carboxylic acids is 1. The lowest BCUT2D eigenvalue weighted by Gasteiger charge is -2.16. The predicted octanol–water partition coefficient (Wildman–Crippen LogP) is 5.22. The van der Waals surface area contributed by atoms with Crippen LogP contribution in [0.15, 0.2) is 47.4 Å². The van der Waals surface area contributed by atoms with Gasteiger partial charge in [-0.05, 0) is 54.7 Å². The van der Waals surface area contributed by atoms with Gasteiger partial charge in [-0.25, -0.2) is 22.0 Å². The van der Waals surface area contributed by atoms with Gasteiger partial charge < -0.3 is 14.6 Å². The second kappa shape index (κ2) is 8.69. The number of esters is 1. The van der Waals surface area contributed by atoms with E-state index in [2.05, 4.69) is 0 Å². The fourth-order valence-corrected chi connectivity index (χ4v) is 5.33. The number of anilines is 1. The van der Waals surface area contributed by atoms with Crippen LogP contribution in [-0.2, 0) is 14.8 Å². The smallest absolute Gasteiger partial charge is 0.338 e. The Balaban J connectivity index is 1.69. The van der Waals surface area contributed by atoms with Crippen molar-refractivity contribution in [2.24, 2.45) is 0 Å². The zero-order valence-corrected chi connectivity index (χ0v) is 19.6. The number of ether oxygens (including phenoxy) is 2. The Bertz CT molecular complexity index is 1470. The van der Waals surface area contributed by atoms with E-state index in [1.165, 1.54) is 0 Å². The number of hydrogen-bond donors (Lipinski definition) is 2. The summed E-state index contributed by atoms with van der Waals surface area (Å²) >= 11 is 5.93. The van der Waals surface area contributed by atoms with E-state index in [4.69, 9.17) is 21.1 Å². The normalized spacial score (nSPS) is 17.2. The Morgan fingerprint density at radius 1 is 0.971 bits per heavy atom. The summed E-state index contributed by atoms with van der Waals surface area (Å²) in [5, 5.41) is 9.83. The molecule has 0 amide bonds. The van der Waals surface area contributed by atoms with Crippen molar-refractivity contribution in [2.75, 3.05) is 17.9 Å². The van der Waals surface area contributed by atoms with E-state index in [-0.39, 0.29) is 30.1 Å². The van der Waals surface area contributed by atoms with Gasteiger partial charge in [-0.2, -0.15) is 0 Å². The molecule has 3 aromatic rings. The van der Waals surface area contributed by atoms with Crippen molar-refractivity contribution in [3.8, 4) is 22.6 Å². The van der Waals surface area contributed by atoms with E-state index in [0.717, 1.165) is 36.6 Å². The van der Waals surface area contributed by atoms with Crippen LogP contribution in [0, 0.1) is 11.6 Å². The van der Waals surface area contributed by atoms with Crippen LogP contribution < -0.4 is 9.46 Å². The molecule has 35 heavy (non-hydrogen) atoms. The maximum Gasteiger partial charge on any atom is 0.338 e. The largest absolute Gasteiger partial charge is 0.505 e. The second-order valence-corrected chi connectivity index (χ2v) is 10.3. The van der Waals surface area contributed by atoms with E-state index in [1.54, 1.807) is 12.1 Å². The molecule has 0 unspecified atom stereocenters. The number of sulfonamides is 1. The van der Waals surface area contributed by atoms with E-state index in [1.807, 2.05) is 10.8 Å². The van der Waals surface area contributed by atoms with Crippen molar-refractivity contribution in [3.63, 3.8) is 0 Å². The summed E-state index contributed by atoms with van der Waals surface area (Å²) < 4.78 is 68.7. The summed E-state index contributed by atoms with van der Waals surface area (Å²) in [5.41, 5.74) is 0.322. The molecule has 2 aliphatic rings. The monoisotopic (exact) mass is 521 g/mol. The number of nitrogens with one attached hydrogen (secondary N) is 1. The van der Waals surface area contributed by atoms with Crippen molar-refractivity contribution in [1.82, 2.24) is 0 Å². The standard InChI is InChI=1S/C24H18ClF2NO6S/c25-17-8-14-9-22(23(17)29)35(31,32)28-20-10-15(18(26)11-19(20)27)16-7-13(12-1-2-12)3-4-21(16)33-5-6-34-24(14)30/h3-4,7-12,28-29H,1-2,5-6H2. The zero-order valence-electron chi connectivity index (χ0n) is 18.0. The molecule has 0 atom stereocenters. The number of benzene rings is 3. The van der Waals surface area contributed by atoms with Gasteiger partial charge in [0, 0.05) is 17.2 Å². The minimum Gasteiger partial charge on any atom is -0.505 e. The molecule has 1 fully saturated rings. The van der Waals surface area contributed by atoms with Crippen molar-refractivity contribution in [2.45, 2.75) is 23.7 Å². The topological polar surface area (TPSA) is 102 Å². The molecule has 182 valence electrons. The number of cyclic esters (lactones) is 1. The summed E-state index contributed by atoms with van der Waals surface area (Å²) in [6.07, 6.45) is 1.97. The molecule has 0 radical (unpaired) electrons. The quantitative estimate of drug-likeness (QED) is 0.426. The van der Waals surface area contributed by atoms with Crippen molar-refractivity contribution in [1.29, 1.82) is 0 Å². The lowest BCUT2D eigenvalue weighted by atomic mass is 9.99. The third-order valence-corrected chi connectivity index (χ3v) is 7.44. The van der Waals surface area contributed by atoms with Crippen LogP contribution >= 0.6 is 11.6 Å². The van der Waals surface area contributed by atoms with E-state index in [9.17, 15) is 27.1 Å². The number of carbonyl (C=O) groups is 1. The number of halogens is 3. The first-order valence-corrected chi connectivity index (χ1v) is 12.5. The number of fused-ring (bicyclic) bond motifs is 6. The first kappa shape index (κ1) is 23.4. The van der Waals surface area contributed by atoms with Crippen LogP contribution in [0.25, 0.3) is 11.1 Å². The molecule has 0 aromatic heterocycles. The maximum absolute atomic E-state index is 15.0. The summed E-state index contributed by atoms with van der Waals surface area (Å²) in [7, 11) is -4.66. The van der Waals surface area contributed by atoms with Gasteiger partial charge in [0.1, 0.15) is 35.5 Å². The zero-order chi connectivity index (χ0) is 24.9. The SMILES string of the molecule is O=C1OCCOc2ccc(C3CC3)cc2-c2cc(c(F)cc2F)NS(=O)(=O)c2cc1cc(Cl)c2O. The molecule has 4 bridgehead atoms. The van der Waals surface area contributed by atoms with Gasteiger partial charge in [-0.1, -0.05) is 17.7 Å². The Kier molecular flexibility index (Phi) is 5.80. The van der Waals surface area contributed by atoms with Gasteiger partial charge in [0.2, 0.25) is 0 Å². The fraction of sp³-hybridized carbons (Fsp3) is 0.208. The molecule has 11 heteroatoms. The third kappa shape index (κ3) is 4.51. The van der Waals surface area contributed by atoms with Crippen LogP contribution in [0.1, 0.15) is 34.7 Å². The van der Waals surface area contributed by atoms with Gasteiger partial charge >= 0.3 is 5.97 Å². The minimum absolute atomic E-state index is 0.0909. The Morgan fingerprint density at radius 2 is 1.71 bits per heavy atom. The minimum atomic E-state index is -4.66. The highest BCUT2D eigenvalue weighted by Gasteiger charge is 2.28. The predicted molar refractivity (Wildman–Crippen MR) is 123 cm³/mol. The number of hydrogen-bond acceptors (Lipinski definition) is 6. The third-order valence-electron chi connectivity index (χ3n) is 5.77. The van der Waals surface area contributed by atoms with Gasteiger partial charge in [0.05, 0.1) is 16.3 Å². The first-order valence-electron chi connectivity index (χ1n) is 10.6. The molecule has 7 nitrogen and oxygen atoms in total. The number of phenols is 1. The average molecular weight is 522 g/mol. The molecular weight excluding hydrogens is 504 g/mol. The molecule has 0 saturated heterocycles. The Morgan fingerprint density at radius 3 is 2.46 bits per heavy atom. The van der Waals surface area contributed by atoms with Crippen LogP contribution in [0.2, 0.25) is 5.02 Å². The number of aromatic hydroxyl groups is 1. The number of phenolic OH excluding ortho intramolecular Hbond substituents is 1. The van der Waals surface area contributed by atoms with E-state index < -0.39 is 49.0 Å². The lowest BCUT2D eigenvalue weighted by molar-refractivity contribution is 0.0450. The van der Waals surface area contributed by atoms with Gasteiger partial charge in [-0.15, -0.1) is 0 Å². The molecular formula is C24H18ClF2NO6S. The summed E-state index contributed by atoms with van der Waals surface area (Å²) in [6, 6.07) is 8.70. The highest BCUT2D eigenvalue weighted by atomic mass is 35.5. The molecule has 3 aromatic carbocycles. The molecule has 1 aliphatic carbocycles. The highest BCUT2D eigenvalue weighted by Crippen LogP contribution is 2.44. The summed E-state index contributed by atoms with van der Waals surface area (Å²) in [4.78, 5) is 11.7. The molecule has 1 aliphatic heterocycles. The number of rotatable bonds is 1. The van der Waals surface area contributed by atoms with Crippen molar-refractivity contribution >= 4 is 33.3 Å². The Labute approximate surface area is 204 Å². The summed E-state index contributed by atoms with van der Waals surface area (Å²) in [6.45, 7) is -0.301. The maximum atomic E-state index is 15.0. The van der Waals surface area contributed by atoms with Crippen LogP contribution in [0.3, 0.4) is 0 Å². The van der Waals surface area contributed by atoms with E-state index >= 15 is 0 Å². The molecule has 0 spiro atoms. The van der Waals surface area contributed by atoms with Crippen LogP contribution in [0.5, 0.6) is 11.5 Å². The highest BCUT2D eigenvalue weighted by molar-refractivity contribution is 7.92. The molecule has 2 N–H and O–H groups in total. The molecule has 5 rings (SSSR count). The second-order valence-electron chi connectivity index (χ2n) is 8.24. The first-order chi connectivity index (χ1) is 16.6. The lowest BCUT2D eigenvalue weighted by Crippen LogP contribution is -2.16. The van der Waals surface area contributed by atoms with Crippen molar-refractivity contribution < 1.29 is 36.6 Å². The van der Waals surface area contributed by atoms with E-state index in [0.29, 0.717) is 17.5 Å². The van der Waals surface area contributed by atoms with Gasteiger partial charge in [-0.3, -0.25) is 4.72 Å². The summed E-state index contributed by atoms with van der Waals surface area (Å²) in [5.74, 6) is -3.29. The van der Waals surface area contributed by atoms with Gasteiger partial charge in [0.25, 0.3) is 10.0 Å². The molecule has 1 saturated carbocycles. The fourth-order valence-electron chi connectivity index (χ4n) is 3.85. The Hall–Kier alpha value is -3.37. The van der Waals surface area contributed by atoms with Crippen molar-refractivity contribution in [3.05, 3.63) is 70.2 Å². The molecule has 1 heterocycles.